The van der Waals surface area contributed by atoms with Crippen molar-refractivity contribution in [3.8, 4) is 9.75 Å². The summed E-state index contributed by atoms with van der Waals surface area (Å²) >= 11 is 3.02. The van der Waals surface area contributed by atoms with Crippen LogP contribution in [0.15, 0.2) is 22.9 Å². The number of hydrogen-bond acceptors (Lipinski definition) is 3. The summed E-state index contributed by atoms with van der Waals surface area (Å²) in [7, 11) is 2.00. The Morgan fingerprint density at radius 2 is 1.31 bits per heavy atom. The molecule has 0 radical (unpaired) electrons. The Labute approximate surface area is 211 Å². The van der Waals surface area contributed by atoms with Gasteiger partial charge in [-0.05, 0) is 41.3 Å². The molecule has 0 aliphatic carbocycles. The van der Waals surface area contributed by atoms with Gasteiger partial charge in [0.25, 0.3) is 0 Å². The molecular formula is C21H30F12OS2. The van der Waals surface area contributed by atoms with Crippen LogP contribution in [0, 0.1) is 0 Å². The molecule has 0 amide bonds. The third-order valence-corrected chi connectivity index (χ3v) is 5.15. The number of rotatable bonds is 7. The third-order valence-electron chi connectivity index (χ3n) is 3.07. The van der Waals surface area contributed by atoms with E-state index in [0.29, 0.717) is 28.7 Å². The lowest BCUT2D eigenvalue weighted by Crippen LogP contribution is -1.92. The van der Waals surface area contributed by atoms with Crippen LogP contribution in [0.5, 0.6) is 0 Å². The van der Waals surface area contributed by atoms with Gasteiger partial charge in [-0.1, -0.05) is 26.2 Å². The molecule has 0 saturated carbocycles. The van der Waals surface area contributed by atoms with E-state index in [1.807, 2.05) is 0 Å². The minimum absolute atomic E-state index is 0.199. The Kier molecular flexibility index (Phi) is 38.4. The highest BCUT2D eigenvalue weighted by Crippen LogP contribution is 2.35. The van der Waals surface area contributed by atoms with Crippen LogP contribution in [0.25, 0.3) is 9.75 Å². The van der Waals surface area contributed by atoms with Gasteiger partial charge >= 0.3 is 19.1 Å². The summed E-state index contributed by atoms with van der Waals surface area (Å²) in [5.74, 6) is 0. The highest BCUT2D eigenvalue weighted by atomic mass is 32.1. The second kappa shape index (κ2) is 31.3. The van der Waals surface area contributed by atoms with Crippen molar-refractivity contribution in [1.29, 1.82) is 0 Å². The van der Waals surface area contributed by atoms with E-state index in [1.165, 1.54) is 42.6 Å². The van der Waals surface area contributed by atoms with Gasteiger partial charge in [-0.15, -0.1) is 40.2 Å². The monoisotopic (exact) mass is 590 g/mol. The molecule has 0 bridgehead atoms. The first kappa shape index (κ1) is 44.2. The maximum atomic E-state index is 12.9. The lowest BCUT2D eigenvalue weighted by atomic mass is 10.1. The minimum atomic E-state index is -5.50. The summed E-state index contributed by atoms with van der Waals surface area (Å²) in [5, 5.41) is 3.89. The van der Waals surface area contributed by atoms with Crippen molar-refractivity contribution < 1.29 is 57.5 Å². The number of unbranched alkanes of at least 4 members (excludes halogenated alkanes) is 3. The molecule has 15 heteroatoms. The number of carbonyl (C=O) groups is 1. The van der Waals surface area contributed by atoms with Gasteiger partial charge in [0, 0.05) is 4.88 Å². The zero-order chi connectivity index (χ0) is 29.7. The molecule has 2 aromatic heterocycles. The number of thiophene rings is 2. The molecular weight excluding hydrogens is 560 g/mol. The number of alkyl halides is 11. The number of aryl methyl sites for hydroxylation is 1. The standard InChI is InChI=1S/C15H17FOS2.CF4.CHF3.4CH3F/c1-2-3-4-5-6-11-9-13(19-10-11)14-12(15(16)17)7-8-18-14;2-1(3,4)5;2-1(3)4;4*1-2/h7-10H,2-6H2,1H3;;1H;4*1H3. The second-order valence-electron chi connectivity index (χ2n) is 5.24. The van der Waals surface area contributed by atoms with Gasteiger partial charge in [0.1, 0.15) is 0 Å². The van der Waals surface area contributed by atoms with E-state index in [-0.39, 0.29) is 5.56 Å². The van der Waals surface area contributed by atoms with Gasteiger partial charge in [-0.3, -0.25) is 22.4 Å². The molecule has 0 saturated heterocycles. The lowest BCUT2D eigenvalue weighted by molar-refractivity contribution is -0.237. The van der Waals surface area contributed by atoms with E-state index in [1.54, 1.807) is 22.8 Å². The maximum absolute atomic E-state index is 12.9. The van der Waals surface area contributed by atoms with Crippen molar-refractivity contribution in [3.63, 3.8) is 0 Å². The highest BCUT2D eigenvalue weighted by Gasteiger charge is 2.24. The molecule has 0 aliphatic rings. The second-order valence-corrected chi connectivity index (χ2v) is 7.07. The largest absolute Gasteiger partial charge is 0.559 e. The van der Waals surface area contributed by atoms with Gasteiger partial charge < -0.3 is 0 Å². The van der Waals surface area contributed by atoms with Gasteiger partial charge in [0.2, 0.25) is 0 Å². The van der Waals surface area contributed by atoms with E-state index in [0.717, 1.165) is 16.2 Å². The summed E-state index contributed by atoms with van der Waals surface area (Å²) in [6, 6.07) is 2.31. The quantitative estimate of drug-likeness (QED) is 0.178. The molecule has 0 aliphatic heterocycles. The van der Waals surface area contributed by atoms with E-state index in [9.17, 15) is 57.5 Å². The molecule has 2 rings (SSSR count). The van der Waals surface area contributed by atoms with Crippen LogP contribution in [0.3, 0.4) is 0 Å². The first-order valence-corrected chi connectivity index (χ1v) is 11.3. The Morgan fingerprint density at radius 3 is 1.69 bits per heavy atom. The Balaban J connectivity index is -0.000000157. The first-order chi connectivity index (χ1) is 17.0. The van der Waals surface area contributed by atoms with Crippen LogP contribution in [0.1, 0.15) is 48.5 Å². The zero-order valence-electron chi connectivity index (χ0n) is 20.2. The number of carbonyl (C=O) groups excluding carboxylic acids is 1. The summed E-state index contributed by atoms with van der Waals surface area (Å²) in [6.07, 6.45) is 0.549. The van der Waals surface area contributed by atoms with Gasteiger partial charge in [0.15, 0.2) is 0 Å². The average molecular weight is 591 g/mol. The van der Waals surface area contributed by atoms with Crippen molar-refractivity contribution in [2.75, 3.05) is 28.7 Å². The normalized spacial score (nSPS) is 9.06. The number of hydrogen-bond donors (Lipinski definition) is 0. The number of halogens is 12. The minimum Gasteiger partial charge on any atom is -0.255 e. The summed E-state index contributed by atoms with van der Waals surface area (Å²) in [5.41, 5.74) is 1.49. The van der Waals surface area contributed by atoms with Crippen LogP contribution >= 0.6 is 22.7 Å². The zero-order valence-corrected chi connectivity index (χ0v) is 21.8. The Bertz CT molecular complexity index is 680. The Morgan fingerprint density at radius 1 is 0.861 bits per heavy atom. The molecule has 1 nitrogen and oxygen atoms in total. The lowest BCUT2D eigenvalue weighted by Gasteiger charge is -1.97. The molecule has 0 spiro atoms. The summed E-state index contributed by atoms with van der Waals surface area (Å²) in [6.45, 7) is -1.46. The van der Waals surface area contributed by atoms with Crippen molar-refractivity contribution in [3.05, 3.63) is 34.0 Å². The van der Waals surface area contributed by atoms with Crippen LogP contribution < -0.4 is 0 Å². The highest BCUT2D eigenvalue weighted by molar-refractivity contribution is 7.20. The van der Waals surface area contributed by atoms with Crippen molar-refractivity contribution in [1.82, 2.24) is 0 Å². The first-order valence-electron chi connectivity index (χ1n) is 9.49. The van der Waals surface area contributed by atoms with Crippen molar-refractivity contribution in [2.45, 2.75) is 52.1 Å². The van der Waals surface area contributed by atoms with Crippen LogP contribution in [-0.4, -0.2) is 47.9 Å². The van der Waals surface area contributed by atoms with Crippen LogP contribution in [-0.2, 0) is 6.42 Å². The van der Waals surface area contributed by atoms with Gasteiger partial charge in [0.05, 0.1) is 39.2 Å². The SMILES string of the molecule is CCCCCCc1csc(-c2sccc2C(=O)F)c1.CF.CF.CF.CF.FC(F)(F)F.FC(F)F. The van der Waals surface area contributed by atoms with Crippen LogP contribution in [0.2, 0.25) is 0 Å². The summed E-state index contributed by atoms with van der Waals surface area (Å²) < 4.78 is 119. The molecule has 36 heavy (non-hydrogen) atoms. The fourth-order valence-corrected chi connectivity index (χ4v) is 4.02. The predicted octanol–water partition coefficient (Wildman–Crippen LogP) is 10.7. The van der Waals surface area contributed by atoms with E-state index in [2.05, 4.69) is 18.4 Å². The van der Waals surface area contributed by atoms with Gasteiger partial charge in [-0.2, -0.15) is 17.6 Å². The molecule has 2 heterocycles. The Hall–Kier alpha value is -1.77. The van der Waals surface area contributed by atoms with Crippen LogP contribution in [0.4, 0.5) is 52.7 Å². The topological polar surface area (TPSA) is 17.1 Å². The van der Waals surface area contributed by atoms with E-state index >= 15 is 0 Å². The van der Waals surface area contributed by atoms with E-state index < -0.39 is 19.1 Å². The van der Waals surface area contributed by atoms with Crippen molar-refractivity contribution >= 4 is 28.7 Å². The molecule has 0 aromatic carbocycles. The van der Waals surface area contributed by atoms with E-state index in [4.69, 9.17) is 0 Å². The average Bonchev–Trinajstić information content (AvgIpc) is 3.50. The molecule has 0 atom stereocenters. The fraction of sp³-hybridized carbons (Fsp3) is 0.571. The molecule has 216 valence electrons. The maximum Gasteiger partial charge on any atom is 0.559 e. The van der Waals surface area contributed by atoms with Crippen molar-refractivity contribution in [2.24, 2.45) is 0 Å². The molecule has 0 fully saturated rings. The smallest absolute Gasteiger partial charge is 0.255 e. The fourth-order valence-electron chi connectivity index (χ4n) is 2.04. The molecule has 0 unspecified atom stereocenters. The molecule has 2 aromatic rings. The molecule has 0 N–H and O–H groups in total. The predicted molar refractivity (Wildman–Crippen MR) is 123 cm³/mol. The van der Waals surface area contributed by atoms with Gasteiger partial charge in [-0.25, -0.2) is 0 Å². The summed E-state index contributed by atoms with van der Waals surface area (Å²) in [4.78, 5) is 12.7. The third kappa shape index (κ3) is 32.2.